The van der Waals surface area contributed by atoms with Gasteiger partial charge in [-0.1, -0.05) is 30.3 Å². The SMILES string of the molecule is O=C(O)C(CO)NC(=O)C1CC(OCc2ccccc2)CN1. The van der Waals surface area contributed by atoms with Gasteiger partial charge in [0, 0.05) is 6.54 Å². The fraction of sp³-hybridized carbons (Fsp3) is 0.467. The number of carboxylic acid groups (broad SMARTS) is 1. The summed E-state index contributed by atoms with van der Waals surface area (Å²) >= 11 is 0. The molecule has 7 heteroatoms. The topological polar surface area (TPSA) is 108 Å². The van der Waals surface area contributed by atoms with Crippen LogP contribution in [0.2, 0.25) is 0 Å². The number of carbonyl (C=O) groups excluding carboxylic acids is 1. The van der Waals surface area contributed by atoms with Crippen LogP contribution in [-0.4, -0.2) is 53.4 Å². The molecule has 1 heterocycles. The van der Waals surface area contributed by atoms with Gasteiger partial charge >= 0.3 is 5.97 Å². The molecule has 0 radical (unpaired) electrons. The molecule has 2 rings (SSSR count). The van der Waals surface area contributed by atoms with Gasteiger partial charge in [-0.2, -0.15) is 0 Å². The van der Waals surface area contributed by atoms with Gasteiger partial charge in [-0.3, -0.25) is 4.79 Å². The number of aliphatic hydroxyl groups is 1. The highest BCUT2D eigenvalue weighted by molar-refractivity contribution is 5.87. The predicted molar refractivity (Wildman–Crippen MR) is 78.1 cm³/mol. The van der Waals surface area contributed by atoms with Gasteiger partial charge in [0.05, 0.1) is 25.4 Å². The fourth-order valence-corrected chi connectivity index (χ4v) is 2.28. The first-order chi connectivity index (χ1) is 10.6. The Morgan fingerprint density at radius 2 is 2.09 bits per heavy atom. The summed E-state index contributed by atoms with van der Waals surface area (Å²) < 4.78 is 5.74. The van der Waals surface area contributed by atoms with E-state index in [1.807, 2.05) is 30.3 Å². The van der Waals surface area contributed by atoms with Crippen LogP contribution in [0.4, 0.5) is 0 Å². The van der Waals surface area contributed by atoms with E-state index in [1.165, 1.54) is 0 Å². The van der Waals surface area contributed by atoms with Crippen LogP contribution in [-0.2, 0) is 20.9 Å². The van der Waals surface area contributed by atoms with E-state index in [4.69, 9.17) is 14.9 Å². The fourth-order valence-electron chi connectivity index (χ4n) is 2.28. The Morgan fingerprint density at radius 3 is 2.73 bits per heavy atom. The zero-order valence-corrected chi connectivity index (χ0v) is 12.1. The first-order valence-electron chi connectivity index (χ1n) is 7.13. The first kappa shape index (κ1) is 16.4. The summed E-state index contributed by atoms with van der Waals surface area (Å²) in [4.78, 5) is 22.7. The Bertz CT molecular complexity index is 508. The van der Waals surface area contributed by atoms with Gasteiger partial charge < -0.3 is 25.6 Å². The summed E-state index contributed by atoms with van der Waals surface area (Å²) in [6, 6.07) is 7.94. The molecule has 3 atom stereocenters. The Balaban J connectivity index is 1.77. The van der Waals surface area contributed by atoms with E-state index < -0.39 is 30.6 Å². The predicted octanol–water partition coefficient (Wildman–Crippen LogP) is -0.505. The maximum atomic E-state index is 11.9. The molecular formula is C15H20N2O5. The normalized spacial score (nSPS) is 22.2. The van der Waals surface area contributed by atoms with Crippen LogP contribution in [0.5, 0.6) is 0 Å². The van der Waals surface area contributed by atoms with E-state index in [-0.39, 0.29) is 6.10 Å². The maximum absolute atomic E-state index is 11.9. The smallest absolute Gasteiger partial charge is 0.328 e. The monoisotopic (exact) mass is 308 g/mol. The lowest BCUT2D eigenvalue weighted by molar-refractivity contribution is -0.143. The molecule has 1 amide bonds. The third kappa shape index (κ3) is 4.52. The molecule has 1 aromatic carbocycles. The van der Waals surface area contributed by atoms with Gasteiger partial charge in [-0.15, -0.1) is 0 Å². The molecule has 22 heavy (non-hydrogen) atoms. The molecule has 3 unspecified atom stereocenters. The molecule has 1 aliphatic rings. The van der Waals surface area contributed by atoms with Gasteiger partial charge in [-0.25, -0.2) is 4.79 Å². The van der Waals surface area contributed by atoms with Crippen molar-refractivity contribution in [3.8, 4) is 0 Å². The number of rotatable bonds is 7. The summed E-state index contributed by atoms with van der Waals surface area (Å²) in [5.41, 5.74) is 1.06. The summed E-state index contributed by atoms with van der Waals surface area (Å²) in [6.45, 7) is 0.361. The molecule has 1 fully saturated rings. The lowest BCUT2D eigenvalue weighted by atomic mass is 10.1. The van der Waals surface area contributed by atoms with Crippen molar-refractivity contribution < 1.29 is 24.5 Å². The van der Waals surface area contributed by atoms with Crippen molar-refractivity contribution in [2.45, 2.75) is 31.2 Å². The molecule has 1 saturated heterocycles. The first-order valence-corrected chi connectivity index (χ1v) is 7.13. The van der Waals surface area contributed by atoms with Crippen LogP contribution in [0.1, 0.15) is 12.0 Å². The molecule has 1 aromatic rings. The average molecular weight is 308 g/mol. The average Bonchev–Trinajstić information content (AvgIpc) is 3.00. The van der Waals surface area contributed by atoms with Crippen molar-refractivity contribution >= 4 is 11.9 Å². The van der Waals surface area contributed by atoms with Crippen LogP contribution in [0.15, 0.2) is 30.3 Å². The van der Waals surface area contributed by atoms with Crippen LogP contribution in [0.25, 0.3) is 0 Å². The van der Waals surface area contributed by atoms with Crippen molar-refractivity contribution in [3.63, 3.8) is 0 Å². The van der Waals surface area contributed by atoms with Crippen molar-refractivity contribution in [1.82, 2.24) is 10.6 Å². The maximum Gasteiger partial charge on any atom is 0.328 e. The second-order valence-corrected chi connectivity index (χ2v) is 5.20. The van der Waals surface area contributed by atoms with Crippen molar-refractivity contribution in [1.29, 1.82) is 0 Å². The number of hydrogen-bond acceptors (Lipinski definition) is 5. The summed E-state index contributed by atoms with van der Waals surface area (Å²) in [5, 5.41) is 23.0. The van der Waals surface area contributed by atoms with Crippen LogP contribution in [0.3, 0.4) is 0 Å². The Labute approximate surface area is 128 Å². The highest BCUT2D eigenvalue weighted by Gasteiger charge is 2.32. The zero-order valence-electron chi connectivity index (χ0n) is 12.1. The van der Waals surface area contributed by atoms with Gasteiger partial charge in [0.1, 0.15) is 6.04 Å². The molecule has 7 nitrogen and oxygen atoms in total. The van der Waals surface area contributed by atoms with Crippen LogP contribution in [0, 0.1) is 0 Å². The number of ether oxygens (including phenoxy) is 1. The van der Waals surface area contributed by atoms with Gasteiger partial charge in [-0.05, 0) is 12.0 Å². The number of benzene rings is 1. The van der Waals surface area contributed by atoms with E-state index in [0.717, 1.165) is 5.56 Å². The number of carbonyl (C=O) groups is 2. The molecule has 1 aliphatic heterocycles. The van der Waals surface area contributed by atoms with Crippen LogP contribution < -0.4 is 10.6 Å². The molecule has 4 N–H and O–H groups in total. The van der Waals surface area contributed by atoms with Crippen molar-refractivity contribution in [2.75, 3.05) is 13.2 Å². The Morgan fingerprint density at radius 1 is 1.36 bits per heavy atom. The van der Waals surface area contributed by atoms with E-state index >= 15 is 0 Å². The number of carboxylic acids is 1. The summed E-state index contributed by atoms with van der Waals surface area (Å²) in [5.74, 6) is -1.70. The van der Waals surface area contributed by atoms with Gasteiger partial charge in [0.2, 0.25) is 5.91 Å². The van der Waals surface area contributed by atoms with Gasteiger partial charge in [0.25, 0.3) is 0 Å². The third-order valence-electron chi connectivity index (χ3n) is 3.53. The number of nitrogens with one attached hydrogen (secondary N) is 2. The third-order valence-corrected chi connectivity index (χ3v) is 3.53. The largest absolute Gasteiger partial charge is 0.480 e. The lowest BCUT2D eigenvalue weighted by Crippen LogP contribution is -2.49. The van der Waals surface area contributed by atoms with Gasteiger partial charge in [0.15, 0.2) is 0 Å². The Hall–Kier alpha value is -1.96. The van der Waals surface area contributed by atoms with E-state index in [0.29, 0.717) is 19.6 Å². The van der Waals surface area contributed by atoms with Crippen LogP contribution >= 0.6 is 0 Å². The molecule has 0 bridgehead atoms. The van der Waals surface area contributed by atoms with Crippen molar-refractivity contribution in [3.05, 3.63) is 35.9 Å². The molecule has 0 aliphatic carbocycles. The second-order valence-electron chi connectivity index (χ2n) is 5.20. The second kappa shape index (κ2) is 7.88. The standard InChI is InChI=1S/C15H20N2O5/c18-8-13(15(20)21)17-14(19)12-6-11(7-16-12)22-9-10-4-2-1-3-5-10/h1-5,11-13,16,18H,6-9H2,(H,17,19)(H,20,21). The molecule has 0 spiro atoms. The highest BCUT2D eigenvalue weighted by Crippen LogP contribution is 2.13. The molecule has 0 aromatic heterocycles. The molecular weight excluding hydrogens is 288 g/mol. The van der Waals surface area contributed by atoms with Crippen molar-refractivity contribution in [2.24, 2.45) is 0 Å². The summed E-state index contributed by atoms with van der Waals surface area (Å²) in [6.07, 6.45) is 0.365. The van der Waals surface area contributed by atoms with E-state index in [1.54, 1.807) is 0 Å². The quantitative estimate of drug-likeness (QED) is 0.541. The number of aliphatic hydroxyl groups excluding tert-OH is 1. The highest BCUT2D eigenvalue weighted by atomic mass is 16.5. The minimum atomic E-state index is -1.28. The minimum absolute atomic E-state index is 0.103. The number of aliphatic carboxylic acids is 1. The number of amides is 1. The minimum Gasteiger partial charge on any atom is -0.480 e. The summed E-state index contributed by atoms with van der Waals surface area (Å²) in [7, 11) is 0. The number of hydrogen-bond donors (Lipinski definition) is 4. The van der Waals surface area contributed by atoms with E-state index in [9.17, 15) is 9.59 Å². The molecule has 120 valence electrons. The lowest BCUT2D eigenvalue weighted by Gasteiger charge is -2.15. The molecule has 0 saturated carbocycles. The Kier molecular flexibility index (Phi) is 5.88. The van der Waals surface area contributed by atoms with E-state index in [2.05, 4.69) is 10.6 Å². The zero-order chi connectivity index (χ0) is 15.9.